The van der Waals surface area contributed by atoms with Crippen LogP contribution in [0.4, 0.5) is 0 Å². The lowest BCUT2D eigenvalue weighted by Gasteiger charge is -2.32. The van der Waals surface area contributed by atoms with Gasteiger partial charge in [0.25, 0.3) is 10.0 Å². The van der Waals surface area contributed by atoms with Crippen LogP contribution in [0.25, 0.3) is 0 Å². The average molecular weight is 291 g/mol. The molecule has 1 heterocycles. The van der Waals surface area contributed by atoms with Crippen molar-refractivity contribution in [1.82, 2.24) is 14.3 Å². The number of H-pyrrole nitrogens is 1. The van der Waals surface area contributed by atoms with Crippen LogP contribution in [0.3, 0.4) is 0 Å². The molecule has 6 heteroatoms. The second kappa shape index (κ2) is 5.03. The number of aryl methyl sites for hydroxylation is 1. The van der Waals surface area contributed by atoms with Gasteiger partial charge in [-0.2, -0.15) is 4.31 Å². The topological polar surface area (TPSA) is 66.1 Å². The molecule has 0 saturated carbocycles. The molecule has 1 aliphatic carbocycles. The first-order valence-corrected chi connectivity index (χ1v) is 8.09. The van der Waals surface area contributed by atoms with Gasteiger partial charge in [-0.25, -0.2) is 13.4 Å². The van der Waals surface area contributed by atoms with Crippen molar-refractivity contribution < 1.29 is 8.42 Å². The molecule has 20 heavy (non-hydrogen) atoms. The molecule has 1 unspecified atom stereocenters. The smallest absolute Gasteiger partial charge is 0.260 e. The molecule has 2 aromatic rings. The Hall–Kier alpha value is -1.66. The maximum atomic E-state index is 12.6. The fraction of sp³-hybridized carbons (Fsp3) is 0.357. The molecule has 1 atom stereocenters. The zero-order valence-corrected chi connectivity index (χ0v) is 12.1. The lowest BCUT2D eigenvalue weighted by Crippen LogP contribution is -2.33. The zero-order chi connectivity index (χ0) is 14.2. The highest BCUT2D eigenvalue weighted by molar-refractivity contribution is 7.89. The van der Waals surface area contributed by atoms with E-state index in [2.05, 4.69) is 16.0 Å². The molecule has 1 aliphatic rings. The zero-order valence-electron chi connectivity index (χ0n) is 11.3. The quantitative estimate of drug-likeness (QED) is 0.942. The number of benzene rings is 1. The van der Waals surface area contributed by atoms with E-state index < -0.39 is 10.0 Å². The van der Waals surface area contributed by atoms with Gasteiger partial charge in [-0.05, 0) is 30.4 Å². The van der Waals surface area contributed by atoms with Crippen LogP contribution in [-0.4, -0.2) is 29.7 Å². The van der Waals surface area contributed by atoms with Crippen molar-refractivity contribution >= 4 is 10.0 Å². The molecule has 0 amide bonds. The molecule has 0 saturated heterocycles. The summed E-state index contributed by atoms with van der Waals surface area (Å²) in [7, 11) is -1.88. The fourth-order valence-corrected chi connectivity index (χ4v) is 4.07. The normalized spacial score (nSPS) is 19.0. The van der Waals surface area contributed by atoms with Gasteiger partial charge < -0.3 is 4.98 Å². The highest BCUT2D eigenvalue weighted by atomic mass is 32.2. The van der Waals surface area contributed by atoms with E-state index in [4.69, 9.17) is 0 Å². The van der Waals surface area contributed by atoms with Crippen molar-refractivity contribution in [3.05, 3.63) is 47.9 Å². The van der Waals surface area contributed by atoms with Crippen LogP contribution in [0.2, 0.25) is 0 Å². The monoisotopic (exact) mass is 291 g/mol. The molecule has 3 rings (SSSR count). The number of nitrogens with one attached hydrogen (secondary N) is 1. The first-order chi connectivity index (χ1) is 9.60. The van der Waals surface area contributed by atoms with Crippen LogP contribution in [-0.2, 0) is 16.4 Å². The van der Waals surface area contributed by atoms with Gasteiger partial charge in [0.2, 0.25) is 0 Å². The van der Waals surface area contributed by atoms with Gasteiger partial charge in [-0.15, -0.1) is 0 Å². The molecule has 1 N–H and O–H groups in total. The van der Waals surface area contributed by atoms with Crippen LogP contribution >= 0.6 is 0 Å². The van der Waals surface area contributed by atoms with Crippen molar-refractivity contribution in [2.24, 2.45) is 0 Å². The van der Waals surface area contributed by atoms with Gasteiger partial charge in [0.15, 0.2) is 5.03 Å². The van der Waals surface area contributed by atoms with E-state index in [0.29, 0.717) is 0 Å². The minimum Gasteiger partial charge on any atom is -0.335 e. The van der Waals surface area contributed by atoms with Crippen molar-refractivity contribution in [2.45, 2.75) is 30.3 Å². The molecule has 0 fully saturated rings. The lowest BCUT2D eigenvalue weighted by molar-refractivity contribution is 0.336. The Kier molecular flexibility index (Phi) is 3.35. The predicted octanol–water partition coefficient (Wildman–Crippen LogP) is 2.11. The fourth-order valence-electron chi connectivity index (χ4n) is 2.81. The van der Waals surface area contributed by atoms with E-state index in [-0.39, 0.29) is 11.1 Å². The molecule has 1 aromatic heterocycles. The summed E-state index contributed by atoms with van der Waals surface area (Å²) in [6.07, 6.45) is 5.60. The van der Waals surface area contributed by atoms with E-state index in [9.17, 15) is 8.42 Å². The number of hydrogen-bond acceptors (Lipinski definition) is 3. The molecule has 0 radical (unpaired) electrons. The van der Waals surface area contributed by atoms with E-state index in [1.165, 1.54) is 22.4 Å². The molecule has 5 nitrogen and oxygen atoms in total. The highest BCUT2D eigenvalue weighted by Gasteiger charge is 2.32. The molecule has 0 spiro atoms. The SMILES string of the molecule is CN(C1CCCc2ccccc21)S(=O)(=O)c1cnc[nH]1. The summed E-state index contributed by atoms with van der Waals surface area (Å²) in [5.41, 5.74) is 2.36. The Labute approximate surface area is 118 Å². The number of aromatic nitrogens is 2. The lowest BCUT2D eigenvalue weighted by atomic mass is 9.88. The third kappa shape index (κ3) is 2.14. The standard InChI is InChI=1S/C14H17N3O2S/c1-17(20(18,19)14-9-15-10-16-14)13-8-4-6-11-5-2-3-7-12(11)13/h2-3,5,7,9-10,13H,4,6,8H2,1H3,(H,15,16). The van der Waals surface area contributed by atoms with Crippen molar-refractivity contribution in [2.75, 3.05) is 7.05 Å². The minimum absolute atomic E-state index is 0.103. The van der Waals surface area contributed by atoms with E-state index in [0.717, 1.165) is 24.8 Å². The van der Waals surface area contributed by atoms with Crippen molar-refractivity contribution in [1.29, 1.82) is 0 Å². The Bertz CT molecular complexity index is 695. The Morgan fingerprint density at radius 3 is 2.90 bits per heavy atom. The van der Waals surface area contributed by atoms with Gasteiger partial charge in [0.1, 0.15) is 0 Å². The third-order valence-electron chi connectivity index (χ3n) is 3.91. The van der Waals surface area contributed by atoms with Crippen molar-refractivity contribution in [3.8, 4) is 0 Å². The molecule has 0 bridgehead atoms. The number of sulfonamides is 1. The average Bonchev–Trinajstić information content (AvgIpc) is 3.01. The summed E-state index contributed by atoms with van der Waals surface area (Å²) in [4.78, 5) is 6.48. The number of hydrogen-bond donors (Lipinski definition) is 1. The number of fused-ring (bicyclic) bond motifs is 1. The minimum atomic E-state index is -3.52. The second-order valence-electron chi connectivity index (χ2n) is 5.04. The maximum Gasteiger partial charge on any atom is 0.260 e. The number of aromatic amines is 1. The van der Waals surface area contributed by atoms with E-state index in [1.807, 2.05) is 18.2 Å². The van der Waals surface area contributed by atoms with Gasteiger partial charge >= 0.3 is 0 Å². The molecule has 0 aliphatic heterocycles. The summed E-state index contributed by atoms with van der Waals surface area (Å²) in [5.74, 6) is 0. The van der Waals surface area contributed by atoms with Crippen LogP contribution < -0.4 is 0 Å². The Morgan fingerprint density at radius 1 is 1.35 bits per heavy atom. The van der Waals surface area contributed by atoms with Crippen molar-refractivity contribution in [3.63, 3.8) is 0 Å². The van der Waals surface area contributed by atoms with Crippen LogP contribution in [0.5, 0.6) is 0 Å². The Morgan fingerprint density at radius 2 is 2.15 bits per heavy atom. The van der Waals surface area contributed by atoms with Gasteiger partial charge in [0.05, 0.1) is 18.6 Å². The highest BCUT2D eigenvalue weighted by Crippen LogP contribution is 2.35. The van der Waals surface area contributed by atoms with Gasteiger partial charge in [-0.3, -0.25) is 0 Å². The number of rotatable bonds is 3. The number of imidazole rings is 1. The Balaban J connectivity index is 1.99. The maximum absolute atomic E-state index is 12.6. The van der Waals surface area contributed by atoms with E-state index >= 15 is 0 Å². The number of nitrogens with zero attached hydrogens (tertiary/aromatic N) is 2. The molecular weight excluding hydrogens is 274 g/mol. The van der Waals surface area contributed by atoms with Crippen LogP contribution in [0.15, 0.2) is 41.8 Å². The predicted molar refractivity (Wildman–Crippen MR) is 75.7 cm³/mol. The molecule has 106 valence electrons. The van der Waals surface area contributed by atoms with Gasteiger partial charge in [-0.1, -0.05) is 24.3 Å². The second-order valence-corrected chi connectivity index (χ2v) is 7.01. The summed E-state index contributed by atoms with van der Waals surface area (Å²) < 4.78 is 26.6. The molecule has 1 aromatic carbocycles. The summed E-state index contributed by atoms with van der Waals surface area (Å²) in [6, 6.07) is 7.97. The molecular formula is C14H17N3O2S. The first-order valence-electron chi connectivity index (χ1n) is 6.65. The summed E-state index contributed by atoms with van der Waals surface area (Å²) >= 11 is 0. The first kappa shape index (κ1) is 13.3. The largest absolute Gasteiger partial charge is 0.335 e. The summed E-state index contributed by atoms with van der Waals surface area (Å²) in [5, 5.41) is 0.142. The van der Waals surface area contributed by atoms with Gasteiger partial charge in [0, 0.05) is 7.05 Å². The third-order valence-corrected chi connectivity index (χ3v) is 5.70. The summed E-state index contributed by atoms with van der Waals surface area (Å²) in [6.45, 7) is 0. The van der Waals surface area contributed by atoms with Crippen LogP contribution in [0, 0.1) is 0 Å². The van der Waals surface area contributed by atoms with E-state index in [1.54, 1.807) is 7.05 Å². The van der Waals surface area contributed by atoms with Crippen LogP contribution in [0.1, 0.15) is 30.0 Å².